The van der Waals surface area contributed by atoms with Crippen molar-refractivity contribution < 1.29 is 4.79 Å². The van der Waals surface area contributed by atoms with Gasteiger partial charge in [0, 0.05) is 19.0 Å². The lowest BCUT2D eigenvalue weighted by Gasteiger charge is -2.23. The van der Waals surface area contributed by atoms with Gasteiger partial charge in [0.05, 0.1) is 6.54 Å². The first-order chi connectivity index (χ1) is 7.84. The van der Waals surface area contributed by atoms with E-state index in [2.05, 4.69) is 20.7 Å². The molecule has 1 fully saturated rings. The van der Waals surface area contributed by atoms with Gasteiger partial charge in [-0.05, 0) is 19.4 Å². The van der Waals surface area contributed by atoms with Crippen LogP contribution in [0.5, 0.6) is 0 Å². The Balaban J connectivity index is 0.00000144. The van der Waals surface area contributed by atoms with Gasteiger partial charge < -0.3 is 10.6 Å². The van der Waals surface area contributed by atoms with E-state index in [0.717, 1.165) is 25.9 Å². The average molecular weight is 260 g/mol. The van der Waals surface area contributed by atoms with Crippen LogP contribution in [-0.4, -0.2) is 39.8 Å². The van der Waals surface area contributed by atoms with Crippen molar-refractivity contribution in [2.45, 2.75) is 31.8 Å². The van der Waals surface area contributed by atoms with Gasteiger partial charge in [0.15, 0.2) is 0 Å². The van der Waals surface area contributed by atoms with Gasteiger partial charge in [0.25, 0.3) is 0 Å². The second-order valence-corrected chi connectivity index (χ2v) is 4.02. The summed E-state index contributed by atoms with van der Waals surface area (Å²) >= 11 is 0. The van der Waals surface area contributed by atoms with Crippen LogP contribution >= 0.6 is 12.4 Å². The van der Waals surface area contributed by atoms with Crippen LogP contribution in [0.25, 0.3) is 0 Å². The number of nitrogens with zero attached hydrogens (tertiary/aromatic N) is 3. The van der Waals surface area contributed by atoms with Crippen LogP contribution in [0.2, 0.25) is 0 Å². The molecule has 6 nitrogen and oxygen atoms in total. The van der Waals surface area contributed by atoms with Gasteiger partial charge in [0.1, 0.15) is 12.7 Å². The Labute approximate surface area is 107 Å². The summed E-state index contributed by atoms with van der Waals surface area (Å²) in [7, 11) is 0. The van der Waals surface area contributed by atoms with Crippen LogP contribution < -0.4 is 10.6 Å². The highest BCUT2D eigenvalue weighted by Crippen LogP contribution is 2.01. The lowest BCUT2D eigenvalue weighted by molar-refractivity contribution is -0.122. The van der Waals surface area contributed by atoms with E-state index >= 15 is 0 Å². The third kappa shape index (κ3) is 4.70. The largest absolute Gasteiger partial charge is 0.352 e. The Morgan fingerprint density at radius 3 is 3.12 bits per heavy atom. The fourth-order valence-corrected chi connectivity index (χ4v) is 1.84. The summed E-state index contributed by atoms with van der Waals surface area (Å²) in [5, 5.41) is 10.2. The lowest BCUT2D eigenvalue weighted by atomic mass is 10.1. The first-order valence-electron chi connectivity index (χ1n) is 5.67. The van der Waals surface area contributed by atoms with Gasteiger partial charge >= 0.3 is 0 Å². The van der Waals surface area contributed by atoms with Gasteiger partial charge in [-0.15, -0.1) is 12.4 Å². The topological polar surface area (TPSA) is 71.8 Å². The maximum atomic E-state index is 11.6. The lowest BCUT2D eigenvalue weighted by Crippen LogP contribution is -2.45. The van der Waals surface area contributed by atoms with Crippen molar-refractivity contribution in [1.29, 1.82) is 0 Å². The Morgan fingerprint density at radius 1 is 1.59 bits per heavy atom. The van der Waals surface area contributed by atoms with Crippen LogP contribution in [0.3, 0.4) is 0 Å². The van der Waals surface area contributed by atoms with Crippen LogP contribution in [0, 0.1) is 0 Å². The van der Waals surface area contributed by atoms with Crippen molar-refractivity contribution in [3.63, 3.8) is 0 Å². The number of piperidine rings is 1. The number of nitrogens with one attached hydrogen (secondary N) is 2. The van der Waals surface area contributed by atoms with Crippen LogP contribution in [-0.2, 0) is 11.3 Å². The Kier molecular flexibility index (Phi) is 5.93. The third-order valence-corrected chi connectivity index (χ3v) is 2.70. The predicted molar refractivity (Wildman–Crippen MR) is 65.9 cm³/mol. The number of amides is 1. The number of halogens is 1. The van der Waals surface area contributed by atoms with Crippen molar-refractivity contribution in [3.8, 4) is 0 Å². The summed E-state index contributed by atoms with van der Waals surface area (Å²) in [6, 6.07) is 0.289. The van der Waals surface area contributed by atoms with Crippen molar-refractivity contribution in [2.75, 3.05) is 13.1 Å². The molecule has 2 N–H and O–H groups in total. The van der Waals surface area contributed by atoms with Gasteiger partial charge in [-0.3, -0.25) is 9.48 Å². The molecule has 0 saturated carbocycles. The van der Waals surface area contributed by atoms with Crippen LogP contribution in [0.15, 0.2) is 12.7 Å². The molecule has 0 aromatic carbocycles. The smallest absolute Gasteiger partial charge is 0.222 e. The fraction of sp³-hybridized carbons (Fsp3) is 0.700. The molecule has 0 bridgehead atoms. The molecule has 2 rings (SSSR count). The van der Waals surface area contributed by atoms with Crippen LogP contribution in [0.1, 0.15) is 19.3 Å². The van der Waals surface area contributed by atoms with Crippen molar-refractivity contribution in [1.82, 2.24) is 25.4 Å². The summed E-state index contributed by atoms with van der Waals surface area (Å²) in [4.78, 5) is 15.4. The standard InChI is InChI=1S/C10H17N5O.ClH/c16-10(3-5-15-8-12-7-13-15)14-9-2-1-4-11-6-9;/h7-9,11H,1-6H2,(H,14,16);1H/t9-;/m0./s1. The van der Waals surface area contributed by atoms with Gasteiger partial charge in [0.2, 0.25) is 5.91 Å². The minimum absolute atomic E-state index is 0. The molecular weight excluding hydrogens is 242 g/mol. The molecule has 1 saturated heterocycles. The molecule has 7 heteroatoms. The normalized spacial score (nSPS) is 19.4. The van der Waals surface area contributed by atoms with E-state index in [9.17, 15) is 4.79 Å². The zero-order valence-corrected chi connectivity index (χ0v) is 10.4. The molecule has 1 amide bonds. The number of hydrogen-bond acceptors (Lipinski definition) is 4. The first kappa shape index (κ1) is 13.9. The highest BCUT2D eigenvalue weighted by Gasteiger charge is 2.14. The Morgan fingerprint density at radius 2 is 2.47 bits per heavy atom. The number of hydrogen-bond donors (Lipinski definition) is 2. The number of carbonyl (C=O) groups is 1. The number of aryl methyl sites for hydroxylation is 1. The fourth-order valence-electron chi connectivity index (χ4n) is 1.84. The van der Waals surface area contributed by atoms with E-state index in [-0.39, 0.29) is 24.4 Å². The van der Waals surface area contributed by atoms with Crippen LogP contribution in [0.4, 0.5) is 0 Å². The zero-order valence-electron chi connectivity index (χ0n) is 9.63. The highest BCUT2D eigenvalue weighted by atomic mass is 35.5. The summed E-state index contributed by atoms with van der Waals surface area (Å²) in [5.74, 6) is 0.0872. The molecule has 1 aliphatic heterocycles. The molecule has 0 radical (unpaired) electrons. The summed E-state index contributed by atoms with van der Waals surface area (Å²) in [5.41, 5.74) is 0. The van der Waals surface area contributed by atoms with E-state index in [0.29, 0.717) is 13.0 Å². The highest BCUT2D eigenvalue weighted by molar-refractivity contribution is 5.85. The maximum Gasteiger partial charge on any atom is 0.222 e. The van der Waals surface area contributed by atoms with E-state index in [1.807, 2.05) is 0 Å². The van der Waals surface area contributed by atoms with E-state index < -0.39 is 0 Å². The first-order valence-corrected chi connectivity index (χ1v) is 5.67. The van der Waals surface area contributed by atoms with Crippen molar-refractivity contribution in [3.05, 3.63) is 12.7 Å². The number of rotatable bonds is 4. The van der Waals surface area contributed by atoms with Gasteiger partial charge in [-0.1, -0.05) is 0 Å². The Hall–Kier alpha value is -1.14. The van der Waals surface area contributed by atoms with E-state index in [1.54, 1.807) is 11.0 Å². The molecule has 1 aromatic rings. The quantitative estimate of drug-likeness (QED) is 0.796. The van der Waals surface area contributed by atoms with E-state index in [4.69, 9.17) is 0 Å². The molecule has 17 heavy (non-hydrogen) atoms. The summed E-state index contributed by atoms with van der Waals surface area (Å²) in [6.07, 6.45) is 5.76. The summed E-state index contributed by atoms with van der Waals surface area (Å²) < 4.78 is 1.67. The minimum Gasteiger partial charge on any atom is -0.352 e. The van der Waals surface area contributed by atoms with Crippen molar-refractivity contribution in [2.24, 2.45) is 0 Å². The maximum absolute atomic E-state index is 11.6. The SMILES string of the molecule is Cl.O=C(CCn1cncn1)N[C@H]1CCCNC1. The summed E-state index contributed by atoms with van der Waals surface area (Å²) in [6.45, 7) is 2.53. The molecule has 1 atom stereocenters. The van der Waals surface area contributed by atoms with Gasteiger partial charge in [-0.25, -0.2) is 4.98 Å². The molecule has 0 aliphatic carbocycles. The molecule has 96 valence electrons. The van der Waals surface area contributed by atoms with Crippen molar-refractivity contribution >= 4 is 18.3 Å². The van der Waals surface area contributed by atoms with Gasteiger partial charge in [-0.2, -0.15) is 5.10 Å². The third-order valence-electron chi connectivity index (χ3n) is 2.70. The molecule has 0 spiro atoms. The average Bonchev–Trinajstić information content (AvgIpc) is 2.81. The molecule has 2 heterocycles. The second-order valence-electron chi connectivity index (χ2n) is 4.02. The van der Waals surface area contributed by atoms with E-state index in [1.165, 1.54) is 6.33 Å². The number of aromatic nitrogens is 3. The monoisotopic (exact) mass is 259 g/mol. The molecule has 1 aromatic heterocycles. The molecular formula is C10H18ClN5O. The number of carbonyl (C=O) groups excluding carboxylic acids is 1. The molecule has 1 aliphatic rings. The molecule has 0 unspecified atom stereocenters. The minimum atomic E-state index is 0. The predicted octanol–water partition coefficient (Wildman–Crippen LogP) is -0.0418. The zero-order chi connectivity index (χ0) is 11.2. The second kappa shape index (κ2) is 7.24. The Bertz CT molecular complexity index is 323.